The first-order valence-corrected chi connectivity index (χ1v) is 8.18. The predicted molar refractivity (Wildman–Crippen MR) is 86.8 cm³/mol. The topological polar surface area (TPSA) is 127 Å². The standard InChI is InChI=1S/C15H21N7O3/c1-3-4-16-14(23)12-10-5-9(25-7-11(10)19-20-12)6-17-15(24)13-18-8-22(2)21-13/h8-9H,3-7H2,1-2H3,(H,16,23)(H,17,24)(H,19,20). The van der Waals surface area contributed by atoms with E-state index in [0.717, 1.165) is 17.7 Å². The van der Waals surface area contributed by atoms with Crippen molar-refractivity contribution >= 4 is 11.8 Å². The van der Waals surface area contributed by atoms with Crippen LogP contribution in [0.1, 0.15) is 45.7 Å². The average molecular weight is 347 g/mol. The van der Waals surface area contributed by atoms with Crippen molar-refractivity contribution < 1.29 is 14.3 Å². The lowest BCUT2D eigenvalue weighted by atomic mass is 10.0. The Hall–Kier alpha value is -2.75. The van der Waals surface area contributed by atoms with Crippen LogP contribution in [0, 0.1) is 0 Å². The summed E-state index contributed by atoms with van der Waals surface area (Å²) < 4.78 is 7.17. The van der Waals surface area contributed by atoms with Gasteiger partial charge in [-0.1, -0.05) is 6.92 Å². The van der Waals surface area contributed by atoms with Crippen LogP contribution in [0.3, 0.4) is 0 Å². The number of nitrogens with one attached hydrogen (secondary N) is 3. The lowest BCUT2D eigenvalue weighted by Crippen LogP contribution is -2.37. The highest BCUT2D eigenvalue weighted by atomic mass is 16.5. The summed E-state index contributed by atoms with van der Waals surface area (Å²) in [4.78, 5) is 28.1. The first-order chi connectivity index (χ1) is 12.1. The SMILES string of the molecule is CCCNC(=O)c1n[nH]c2c1CC(CNC(=O)c1ncn(C)n1)OC2. The number of amides is 2. The number of aromatic amines is 1. The molecule has 1 aliphatic rings. The van der Waals surface area contributed by atoms with Crippen LogP contribution >= 0.6 is 0 Å². The van der Waals surface area contributed by atoms with Gasteiger partial charge in [-0.15, -0.1) is 5.10 Å². The molecule has 10 heteroatoms. The van der Waals surface area contributed by atoms with Crippen molar-refractivity contribution in [2.45, 2.75) is 32.5 Å². The lowest BCUT2D eigenvalue weighted by molar-refractivity contribution is 0.0265. The third-order valence-corrected chi connectivity index (χ3v) is 3.89. The molecule has 0 fully saturated rings. The van der Waals surface area contributed by atoms with Crippen molar-refractivity contribution in [2.75, 3.05) is 13.1 Å². The second-order valence-electron chi connectivity index (χ2n) is 5.87. The van der Waals surface area contributed by atoms with Crippen molar-refractivity contribution in [3.63, 3.8) is 0 Å². The van der Waals surface area contributed by atoms with Crippen LogP contribution in [0.25, 0.3) is 0 Å². The molecule has 0 saturated heterocycles. The zero-order valence-electron chi connectivity index (χ0n) is 14.2. The predicted octanol–water partition coefficient (Wildman–Crippen LogP) is -0.451. The highest BCUT2D eigenvalue weighted by molar-refractivity contribution is 5.94. The second-order valence-corrected chi connectivity index (χ2v) is 5.87. The minimum atomic E-state index is -0.358. The Morgan fingerprint density at radius 3 is 2.96 bits per heavy atom. The van der Waals surface area contributed by atoms with Crippen LogP contribution in [-0.4, -0.2) is 56.0 Å². The van der Waals surface area contributed by atoms with Gasteiger partial charge in [-0.2, -0.15) is 5.10 Å². The number of H-pyrrole nitrogens is 1. The van der Waals surface area contributed by atoms with Crippen molar-refractivity contribution in [1.29, 1.82) is 0 Å². The van der Waals surface area contributed by atoms with Gasteiger partial charge in [0, 0.05) is 32.1 Å². The zero-order chi connectivity index (χ0) is 17.8. The molecule has 3 heterocycles. The van der Waals surface area contributed by atoms with Gasteiger partial charge in [-0.3, -0.25) is 19.4 Å². The molecule has 2 aromatic rings. The third-order valence-electron chi connectivity index (χ3n) is 3.89. The van der Waals surface area contributed by atoms with E-state index in [-0.39, 0.29) is 23.7 Å². The molecule has 0 saturated carbocycles. The molecule has 134 valence electrons. The fraction of sp³-hybridized carbons (Fsp3) is 0.533. The summed E-state index contributed by atoms with van der Waals surface area (Å²) in [5, 5.41) is 16.5. The number of fused-ring (bicyclic) bond motifs is 1. The number of rotatable bonds is 6. The van der Waals surface area contributed by atoms with E-state index < -0.39 is 0 Å². The largest absolute Gasteiger partial charge is 0.370 e. The Morgan fingerprint density at radius 2 is 2.24 bits per heavy atom. The summed E-state index contributed by atoms with van der Waals surface area (Å²) in [7, 11) is 1.69. The molecule has 2 aromatic heterocycles. The van der Waals surface area contributed by atoms with E-state index in [9.17, 15) is 9.59 Å². The Morgan fingerprint density at radius 1 is 1.40 bits per heavy atom. The highest BCUT2D eigenvalue weighted by Crippen LogP contribution is 2.21. The van der Waals surface area contributed by atoms with E-state index in [0.29, 0.717) is 31.8 Å². The smallest absolute Gasteiger partial charge is 0.291 e. The van der Waals surface area contributed by atoms with E-state index >= 15 is 0 Å². The number of nitrogens with zero attached hydrogens (tertiary/aromatic N) is 4. The number of aromatic nitrogens is 5. The van der Waals surface area contributed by atoms with Crippen molar-refractivity contribution in [2.24, 2.45) is 7.05 Å². The first kappa shape index (κ1) is 17.1. The molecule has 1 atom stereocenters. The number of carbonyl (C=O) groups is 2. The molecule has 0 spiro atoms. The summed E-state index contributed by atoms with van der Waals surface area (Å²) >= 11 is 0. The van der Waals surface area contributed by atoms with Crippen LogP contribution in [0.2, 0.25) is 0 Å². The molecule has 3 rings (SSSR count). The van der Waals surface area contributed by atoms with Crippen LogP contribution < -0.4 is 10.6 Å². The zero-order valence-corrected chi connectivity index (χ0v) is 14.2. The molecule has 3 N–H and O–H groups in total. The molecule has 1 aliphatic heterocycles. The maximum Gasteiger partial charge on any atom is 0.291 e. The van der Waals surface area contributed by atoms with Gasteiger partial charge in [-0.05, 0) is 6.42 Å². The first-order valence-electron chi connectivity index (χ1n) is 8.18. The minimum absolute atomic E-state index is 0.113. The fourth-order valence-electron chi connectivity index (χ4n) is 2.60. The van der Waals surface area contributed by atoms with Crippen molar-refractivity contribution in [3.05, 3.63) is 29.1 Å². The number of aryl methyl sites for hydroxylation is 1. The van der Waals surface area contributed by atoms with Crippen molar-refractivity contribution in [3.8, 4) is 0 Å². The molecule has 0 radical (unpaired) electrons. The summed E-state index contributed by atoms with van der Waals surface area (Å²) in [5.41, 5.74) is 2.04. The fourth-order valence-corrected chi connectivity index (χ4v) is 2.60. The monoisotopic (exact) mass is 347 g/mol. The summed E-state index contributed by atoms with van der Waals surface area (Å²) in [6, 6.07) is 0. The number of hydrogen-bond donors (Lipinski definition) is 3. The van der Waals surface area contributed by atoms with Gasteiger partial charge < -0.3 is 15.4 Å². The molecule has 0 aliphatic carbocycles. The quantitative estimate of drug-likeness (QED) is 0.649. The van der Waals surface area contributed by atoms with E-state index in [1.165, 1.54) is 11.0 Å². The normalized spacial score (nSPS) is 16.3. The summed E-state index contributed by atoms with van der Waals surface area (Å²) in [5.74, 6) is -0.438. The van der Waals surface area contributed by atoms with Crippen LogP contribution in [0.4, 0.5) is 0 Å². The minimum Gasteiger partial charge on any atom is -0.370 e. The highest BCUT2D eigenvalue weighted by Gasteiger charge is 2.27. The number of carbonyl (C=O) groups excluding carboxylic acids is 2. The molecule has 2 amide bonds. The maximum atomic E-state index is 12.2. The number of hydrogen-bond acceptors (Lipinski definition) is 6. The summed E-state index contributed by atoms with van der Waals surface area (Å²) in [6.07, 6.45) is 2.58. The lowest BCUT2D eigenvalue weighted by Gasteiger charge is -2.23. The van der Waals surface area contributed by atoms with Gasteiger partial charge in [0.1, 0.15) is 6.33 Å². The van der Waals surface area contributed by atoms with Crippen molar-refractivity contribution in [1.82, 2.24) is 35.6 Å². The van der Waals surface area contributed by atoms with Crippen LogP contribution in [0.15, 0.2) is 6.33 Å². The van der Waals surface area contributed by atoms with Crippen LogP contribution in [0.5, 0.6) is 0 Å². The molecule has 0 aromatic carbocycles. The number of ether oxygens (including phenoxy) is 1. The molecular formula is C15H21N7O3. The second kappa shape index (κ2) is 7.43. The van der Waals surface area contributed by atoms with E-state index in [1.54, 1.807) is 7.05 Å². The van der Waals surface area contributed by atoms with Crippen LogP contribution in [-0.2, 0) is 24.8 Å². The van der Waals surface area contributed by atoms with Gasteiger partial charge >= 0.3 is 0 Å². The van der Waals surface area contributed by atoms with E-state index in [4.69, 9.17) is 4.74 Å². The Balaban J connectivity index is 1.60. The van der Waals surface area contributed by atoms with Gasteiger partial charge in [0.2, 0.25) is 5.82 Å². The van der Waals surface area contributed by atoms with E-state index in [1.807, 2.05) is 6.92 Å². The van der Waals surface area contributed by atoms with E-state index in [2.05, 4.69) is 30.9 Å². The summed E-state index contributed by atoms with van der Waals surface area (Å²) in [6.45, 7) is 3.22. The average Bonchev–Trinajstić information content (AvgIpc) is 3.23. The molecule has 1 unspecified atom stereocenters. The maximum absolute atomic E-state index is 12.2. The van der Waals surface area contributed by atoms with Gasteiger partial charge in [-0.25, -0.2) is 4.98 Å². The molecule has 25 heavy (non-hydrogen) atoms. The molecule has 10 nitrogen and oxygen atoms in total. The Bertz CT molecular complexity index is 767. The van der Waals surface area contributed by atoms with Gasteiger partial charge in [0.05, 0.1) is 18.4 Å². The Labute approximate surface area is 144 Å². The third kappa shape index (κ3) is 3.85. The van der Waals surface area contributed by atoms with Gasteiger partial charge in [0.25, 0.3) is 11.8 Å². The van der Waals surface area contributed by atoms with Gasteiger partial charge in [0.15, 0.2) is 5.69 Å². The Kier molecular flexibility index (Phi) is 5.08. The molecular weight excluding hydrogens is 326 g/mol. The molecule has 0 bridgehead atoms.